The third-order valence-electron chi connectivity index (χ3n) is 4.25. The van der Waals surface area contributed by atoms with Gasteiger partial charge in [0.05, 0.1) is 12.0 Å². The molecule has 0 unspecified atom stereocenters. The van der Waals surface area contributed by atoms with Gasteiger partial charge in [0.2, 0.25) is 5.91 Å². The normalized spacial score (nSPS) is 11.5. The number of rotatable bonds is 5. The molecule has 0 aromatic heterocycles. The molecule has 0 aliphatic carbocycles. The van der Waals surface area contributed by atoms with Crippen molar-refractivity contribution in [1.82, 2.24) is 5.32 Å². The van der Waals surface area contributed by atoms with Gasteiger partial charge in [0.1, 0.15) is 0 Å². The lowest BCUT2D eigenvalue weighted by Gasteiger charge is -2.09. The highest BCUT2D eigenvalue weighted by atomic mass is 19.4. The fourth-order valence-corrected chi connectivity index (χ4v) is 2.89. The zero-order valence-corrected chi connectivity index (χ0v) is 14.0. The summed E-state index contributed by atoms with van der Waals surface area (Å²) < 4.78 is 37.6. The predicted molar refractivity (Wildman–Crippen MR) is 95.8 cm³/mol. The van der Waals surface area contributed by atoms with Gasteiger partial charge in [-0.1, -0.05) is 54.6 Å². The lowest BCUT2D eigenvalue weighted by molar-refractivity contribution is -0.137. The van der Waals surface area contributed by atoms with Crippen LogP contribution in [0.1, 0.15) is 16.7 Å². The van der Waals surface area contributed by atoms with E-state index in [2.05, 4.69) is 5.32 Å². The van der Waals surface area contributed by atoms with E-state index in [0.717, 1.165) is 34.0 Å². The molecule has 3 aromatic rings. The average Bonchev–Trinajstić information content (AvgIpc) is 2.62. The molecule has 0 spiro atoms. The van der Waals surface area contributed by atoms with Crippen LogP contribution in [0.5, 0.6) is 0 Å². The molecule has 0 radical (unpaired) electrons. The minimum atomic E-state index is -4.33. The lowest BCUT2D eigenvalue weighted by Crippen LogP contribution is -2.27. The smallest absolute Gasteiger partial charge is 0.355 e. The molecule has 134 valence electrons. The molecule has 0 saturated carbocycles. The van der Waals surface area contributed by atoms with E-state index in [9.17, 15) is 18.0 Å². The molecule has 0 aliphatic rings. The van der Waals surface area contributed by atoms with Crippen molar-refractivity contribution in [3.63, 3.8) is 0 Å². The molecule has 0 atom stereocenters. The van der Waals surface area contributed by atoms with Gasteiger partial charge in [0, 0.05) is 6.54 Å². The van der Waals surface area contributed by atoms with Crippen LogP contribution in [0, 0.1) is 0 Å². The van der Waals surface area contributed by atoms with E-state index in [-0.39, 0.29) is 12.3 Å². The monoisotopic (exact) mass is 357 g/mol. The van der Waals surface area contributed by atoms with Gasteiger partial charge in [0.25, 0.3) is 0 Å². The van der Waals surface area contributed by atoms with E-state index in [4.69, 9.17) is 0 Å². The fourth-order valence-electron chi connectivity index (χ4n) is 2.89. The Labute approximate surface area is 149 Å². The third-order valence-corrected chi connectivity index (χ3v) is 4.25. The number of hydrogen-bond donors (Lipinski definition) is 1. The number of carbonyl (C=O) groups is 1. The number of alkyl halides is 3. The quantitative estimate of drug-likeness (QED) is 0.701. The van der Waals surface area contributed by atoms with Gasteiger partial charge < -0.3 is 5.32 Å². The molecule has 5 heteroatoms. The largest absolute Gasteiger partial charge is 0.416 e. The van der Waals surface area contributed by atoms with Crippen molar-refractivity contribution in [2.45, 2.75) is 19.0 Å². The molecule has 0 saturated heterocycles. The maximum absolute atomic E-state index is 12.5. The second-order valence-corrected chi connectivity index (χ2v) is 6.11. The summed E-state index contributed by atoms with van der Waals surface area (Å²) in [6.07, 6.45) is -3.57. The lowest BCUT2D eigenvalue weighted by atomic mass is 10.0. The molecule has 3 rings (SSSR count). The number of hydrogen-bond acceptors (Lipinski definition) is 1. The number of halogens is 3. The third kappa shape index (κ3) is 4.42. The predicted octanol–water partition coefficient (Wildman–Crippen LogP) is 4.76. The Kier molecular flexibility index (Phi) is 5.26. The summed E-state index contributed by atoms with van der Waals surface area (Å²) in [4.78, 5) is 12.2. The Morgan fingerprint density at radius 1 is 0.885 bits per heavy atom. The summed E-state index contributed by atoms with van der Waals surface area (Å²) in [5, 5.41) is 4.96. The topological polar surface area (TPSA) is 29.1 Å². The van der Waals surface area contributed by atoms with Crippen LogP contribution in [0.15, 0.2) is 66.7 Å². The maximum atomic E-state index is 12.5. The molecule has 0 bridgehead atoms. The van der Waals surface area contributed by atoms with E-state index in [1.54, 1.807) is 0 Å². The second kappa shape index (κ2) is 7.60. The summed E-state index contributed by atoms with van der Waals surface area (Å²) >= 11 is 0. The van der Waals surface area contributed by atoms with Crippen molar-refractivity contribution < 1.29 is 18.0 Å². The average molecular weight is 357 g/mol. The zero-order chi connectivity index (χ0) is 18.6. The van der Waals surface area contributed by atoms with Gasteiger partial charge in [-0.2, -0.15) is 13.2 Å². The SMILES string of the molecule is O=C(Cc1cccc2ccccc12)NCCc1ccc(C(F)(F)F)cc1. The molecule has 2 nitrogen and oxygen atoms in total. The van der Waals surface area contributed by atoms with Crippen LogP contribution in [0.25, 0.3) is 10.8 Å². The highest BCUT2D eigenvalue weighted by Gasteiger charge is 2.29. The first-order valence-corrected chi connectivity index (χ1v) is 8.33. The summed E-state index contributed by atoms with van der Waals surface area (Å²) in [5.74, 6) is -0.103. The molecule has 0 heterocycles. The van der Waals surface area contributed by atoms with Crippen molar-refractivity contribution in [2.24, 2.45) is 0 Å². The highest BCUT2D eigenvalue weighted by Crippen LogP contribution is 2.29. The van der Waals surface area contributed by atoms with Crippen LogP contribution >= 0.6 is 0 Å². The second-order valence-electron chi connectivity index (χ2n) is 6.11. The van der Waals surface area contributed by atoms with E-state index >= 15 is 0 Å². The molecule has 0 fully saturated rings. The van der Waals surface area contributed by atoms with Gasteiger partial charge in [-0.25, -0.2) is 0 Å². The molecule has 1 amide bonds. The molecule has 3 aromatic carbocycles. The first-order chi connectivity index (χ1) is 12.4. The minimum absolute atomic E-state index is 0.103. The van der Waals surface area contributed by atoms with E-state index < -0.39 is 11.7 Å². The summed E-state index contributed by atoms with van der Waals surface area (Å²) in [6, 6.07) is 18.7. The van der Waals surface area contributed by atoms with Crippen molar-refractivity contribution in [2.75, 3.05) is 6.54 Å². The van der Waals surface area contributed by atoms with Gasteiger partial charge in [0.15, 0.2) is 0 Å². The number of nitrogens with one attached hydrogen (secondary N) is 1. The molecule has 26 heavy (non-hydrogen) atoms. The Morgan fingerprint density at radius 3 is 2.31 bits per heavy atom. The van der Waals surface area contributed by atoms with Crippen LogP contribution in [0.2, 0.25) is 0 Å². The number of carbonyl (C=O) groups excluding carboxylic acids is 1. The first-order valence-electron chi connectivity index (χ1n) is 8.33. The van der Waals surface area contributed by atoms with Crippen molar-refractivity contribution in [1.29, 1.82) is 0 Å². The molecular weight excluding hydrogens is 339 g/mol. The maximum Gasteiger partial charge on any atom is 0.416 e. The Balaban J connectivity index is 1.54. The highest BCUT2D eigenvalue weighted by molar-refractivity contribution is 5.90. The number of amides is 1. The van der Waals surface area contributed by atoms with Crippen LogP contribution in [-0.4, -0.2) is 12.5 Å². The molecular formula is C21H18F3NO. The van der Waals surface area contributed by atoms with Gasteiger partial charge >= 0.3 is 6.18 Å². The zero-order valence-electron chi connectivity index (χ0n) is 14.0. The number of fused-ring (bicyclic) bond motifs is 1. The van der Waals surface area contributed by atoms with E-state index in [1.165, 1.54) is 12.1 Å². The molecule has 0 aliphatic heterocycles. The summed E-state index contributed by atoms with van der Waals surface area (Å²) in [5.41, 5.74) is 1.04. The summed E-state index contributed by atoms with van der Waals surface area (Å²) in [7, 11) is 0. The van der Waals surface area contributed by atoms with Crippen molar-refractivity contribution in [3.05, 3.63) is 83.4 Å². The standard InChI is InChI=1S/C21H18F3NO/c22-21(23,24)18-10-8-15(9-11-18)12-13-25-20(26)14-17-6-3-5-16-4-1-2-7-19(16)17/h1-11H,12-14H2,(H,25,26). The molecule has 1 N–H and O–H groups in total. The van der Waals surface area contributed by atoms with E-state index in [1.807, 2.05) is 42.5 Å². The Morgan fingerprint density at radius 2 is 1.58 bits per heavy atom. The van der Waals surface area contributed by atoms with Gasteiger partial charge in [-0.05, 0) is 40.5 Å². The Hall–Kier alpha value is -2.82. The van der Waals surface area contributed by atoms with Crippen LogP contribution in [0.4, 0.5) is 13.2 Å². The van der Waals surface area contributed by atoms with Crippen LogP contribution in [-0.2, 0) is 23.8 Å². The van der Waals surface area contributed by atoms with Crippen molar-refractivity contribution in [3.8, 4) is 0 Å². The fraction of sp³-hybridized carbons (Fsp3) is 0.190. The van der Waals surface area contributed by atoms with Crippen LogP contribution in [0.3, 0.4) is 0 Å². The van der Waals surface area contributed by atoms with Gasteiger partial charge in [-0.15, -0.1) is 0 Å². The van der Waals surface area contributed by atoms with Gasteiger partial charge in [-0.3, -0.25) is 4.79 Å². The first kappa shape index (κ1) is 18.0. The van der Waals surface area contributed by atoms with Crippen molar-refractivity contribution >= 4 is 16.7 Å². The minimum Gasteiger partial charge on any atom is -0.355 e. The Bertz CT molecular complexity index is 896. The van der Waals surface area contributed by atoms with Crippen LogP contribution < -0.4 is 5.32 Å². The number of benzene rings is 3. The summed E-state index contributed by atoms with van der Waals surface area (Å²) in [6.45, 7) is 0.384. The van der Waals surface area contributed by atoms with E-state index in [0.29, 0.717) is 13.0 Å².